The first-order valence-corrected chi connectivity index (χ1v) is 7.65. The van der Waals surface area contributed by atoms with Crippen LogP contribution in [0.1, 0.15) is 0 Å². The predicted molar refractivity (Wildman–Crippen MR) is 88.1 cm³/mol. The summed E-state index contributed by atoms with van der Waals surface area (Å²) in [5.74, 6) is 1.39. The highest BCUT2D eigenvalue weighted by molar-refractivity contribution is 5.72. The van der Waals surface area contributed by atoms with E-state index in [1.54, 1.807) is 16.6 Å². The number of morpholine rings is 1. The van der Waals surface area contributed by atoms with Gasteiger partial charge in [-0.2, -0.15) is 0 Å². The first-order chi connectivity index (χ1) is 11.7. The van der Waals surface area contributed by atoms with Crippen molar-refractivity contribution in [3.63, 3.8) is 0 Å². The molecule has 8 nitrogen and oxygen atoms in total. The highest BCUT2D eigenvalue weighted by Gasteiger charge is 2.18. The van der Waals surface area contributed by atoms with Crippen LogP contribution < -0.4 is 4.90 Å². The molecular weight excluding hydrogens is 310 g/mol. The molecule has 122 valence electrons. The molecule has 0 aliphatic carbocycles. The molecule has 0 radical (unpaired) electrons. The fraction of sp³-hybridized carbons (Fsp3) is 0.250. The molecule has 0 N–H and O–H groups in total. The van der Waals surface area contributed by atoms with Gasteiger partial charge in [0.25, 0.3) is 5.69 Å². The van der Waals surface area contributed by atoms with Crippen LogP contribution >= 0.6 is 0 Å². The van der Waals surface area contributed by atoms with E-state index in [-0.39, 0.29) is 5.69 Å². The van der Waals surface area contributed by atoms with E-state index in [1.165, 1.54) is 12.1 Å². The number of fused-ring (bicyclic) bond motifs is 1. The second kappa shape index (κ2) is 5.89. The van der Waals surface area contributed by atoms with Gasteiger partial charge in [0, 0.05) is 37.0 Å². The van der Waals surface area contributed by atoms with E-state index in [0.29, 0.717) is 19.0 Å². The number of nitro benzene ring substituents is 1. The van der Waals surface area contributed by atoms with Gasteiger partial charge < -0.3 is 9.64 Å². The van der Waals surface area contributed by atoms with Gasteiger partial charge in [-0.05, 0) is 24.3 Å². The van der Waals surface area contributed by atoms with Crippen LogP contribution in [0.3, 0.4) is 0 Å². The van der Waals surface area contributed by atoms with Crippen LogP contribution in [0.2, 0.25) is 0 Å². The highest BCUT2D eigenvalue weighted by Crippen LogP contribution is 2.25. The van der Waals surface area contributed by atoms with E-state index in [1.807, 2.05) is 18.3 Å². The number of nitro groups is 1. The minimum atomic E-state index is -0.418. The van der Waals surface area contributed by atoms with Crippen molar-refractivity contribution in [3.05, 3.63) is 52.7 Å². The fourth-order valence-corrected chi connectivity index (χ4v) is 2.78. The standard InChI is InChI=1S/C16H15N5O3/c22-21(23)13-5-3-12(4-6-13)15-17-16(19-8-10-24-11-9-19)14-2-1-7-20(14)18-15/h1-7H,8-11H2. The Morgan fingerprint density at radius 3 is 2.58 bits per heavy atom. The molecule has 1 saturated heterocycles. The predicted octanol–water partition coefficient (Wildman–Crippen LogP) is 2.14. The third-order valence-corrected chi connectivity index (χ3v) is 4.02. The minimum absolute atomic E-state index is 0.0502. The average Bonchev–Trinajstić information content (AvgIpc) is 3.10. The summed E-state index contributed by atoms with van der Waals surface area (Å²) in [6, 6.07) is 10.2. The van der Waals surface area contributed by atoms with E-state index in [0.717, 1.165) is 30.0 Å². The fourth-order valence-electron chi connectivity index (χ4n) is 2.78. The quantitative estimate of drug-likeness (QED) is 0.542. The number of anilines is 1. The van der Waals surface area contributed by atoms with Crippen molar-refractivity contribution in [2.24, 2.45) is 0 Å². The second-order valence-corrected chi connectivity index (χ2v) is 5.50. The molecule has 24 heavy (non-hydrogen) atoms. The molecule has 1 aliphatic rings. The zero-order valence-corrected chi connectivity index (χ0v) is 12.8. The summed E-state index contributed by atoms with van der Waals surface area (Å²) < 4.78 is 7.20. The van der Waals surface area contributed by atoms with Crippen LogP contribution in [-0.4, -0.2) is 45.8 Å². The number of benzene rings is 1. The van der Waals surface area contributed by atoms with Crippen molar-refractivity contribution < 1.29 is 9.66 Å². The van der Waals surface area contributed by atoms with Gasteiger partial charge >= 0.3 is 0 Å². The summed E-state index contributed by atoms with van der Waals surface area (Å²) in [6.07, 6.45) is 1.87. The Hall–Kier alpha value is -3.00. The molecule has 2 aromatic heterocycles. The Labute approximate surface area is 137 Å². The maximum absolute atomic E-state index is 10.8. The number of rotatable bonds is 3. The molecule has 0 saturated carbocycles. The third-order valence-electron chi connectivity index (χ3n) is 4.02. The van der Waals surface area contributed by atoms with E-state index in [9.17, 15) is 10.1 Å². The minimum Gasteiger partial charge on any atom is -0.378 e. The zero-order valence-electron chi connectivity index (χ0n) is 12.8. The number of nitrogens with zero attached hydrogens (tertiary/aromatic N) is 5. The number of aromatic nitrogens is 3. The lowest BCUT2D eigenvalue weighted by Gasteiger charge is -2.28. The first-order valence-electron chi connectivity index (χ1n) is 7.65. The van der Waals surface area contributed by atoms with E-state index < -0.39 is 4.92 Å². The molecule has 3 aromatic rings. The summed E-state index contributed by atoms with van der Waals surface area (Å²) in [5.41, 5.74) is 1.72. The van der Waals surface area contributed by atoms with Gasteiger partial charge in [0.05, 0.1) is 18.1 Å². The van der Waals surface area contributed by atoms with Gasteiger partial charge in [0.2, 0.25) is 0 Å². The first kappa shape index (κ1) is 14.6. The molecule has 0 spiro atoms. The Balaban J connectivity index is 1.79. The van der Waals surface area contributed by atoms with Gasteiger partial charge in [-0.25, -0.2) is 9.50 Å². The van der Waals surface area contributed by atoms with Crippen molar-refractivity contribution in [1.29, 1.82) is 0 Å². The van der Waals surface area contributed by atoms with Gasteiger partial charge in [0.1, 0.15) is 5.52 Å². The van der Waals surface area contributed by atoms with E-state index in [2.05, 4.69) is 10.00 Å². The largest absolute Gasteiger partial charge is 0.378 e. The van der Waals surface area contributed by atoms with Crippen molar-refractivity contribution in [1.82, 2.24) is 14.6 Å². The maximum atomic E-state index is 10.8. The summed E-state index contributed by atoms with van der Waals surface area (Å²) in [5, 5.41) is 15.3. The molecule has 4 rings (SSSR count). The Morgan fingerprint density at radius 1 is 1.12 bits per heavy atom. The second-order valence-electron chi connectivity index (χ2n) is 5.50. The van der Waals surface area contributed by atoms with Crippen molar-refractivity contribution in [3.8, 4) is 11.4 Å². The number of non-ortho nitro benzene ring substituents is 1. The molecule has 0 amide bonds. The molecule has 0 atom stereocenters. The van der Waals surface area contributed by atoms with Gasteiger partial charge in [-0.1, -0.05) is 0 Å². The number of ether oxygens (including phenoxy) is 1. The molecule has 3 heterocycles. The van der Waals surface area contributed by atoms with Crippen LogP contribution in [0.15, 0.2) is 42.6 Å². The normalized spacial score (nSPS) is 14.9. The van der Waals surface area contributed by atoms with E-state index >= 15 is 0 Å². The van der Waals surface area contributed by atoms with Crippen LogP contribution in [0.4, 0.5) is 11.5 Å². The smallest absolute Gasteiger partial charge is 0.269 e. The Bertz CT molecular complexity index is 884. The Morgan fingerprint density at radius 2 is 1.88 bits per heavy atom. The summed E-state index contributed by atoms with van der Waals surface area (Å²) in [7, 11) is 0. The molecule has 0 unspecified atom stereocenters. The molecular formula is C16H15N5O3. The lowest BCUT2D eigenvalue weighted by atomic mass is 10.2. The third kappa shape index (κ3) is 2.56. The molecule has 8 heteroatoms. The maximum Gasteiger partial charge on any atom is 0.269 e. The molecule has 1 fully saturated rings. The van der Waals surface area contributed by atoms with Crippen LogP contribution in [-0.2, 0) is 4.74 Å². The molecule has 0 bridgehead atoms. The monoisotopic (exact) mass is 325 g/mol. The van der Waals surface area contributed by atoms with Gasteiger partial charge in [0.15, 0.2) is 11.6 Å². The molecule has 1 aliphatic heterocycles. The van der Waals surface area contributed by atoms with Crippen molar-refractivity contribution >= 4 is 17.0 Å². The van der Waals surface area contributed by atoms with Gasteiger partial charge in [-0.3, -0.25) is 10.1 Å². The number of hydrogen-bond donors (Lipinski definition) is 0. The lowest BCUT2D eigenvalue weighted by molar-refractivity contribution is -0.384. The lowest BCUT2D eigenvalue weighted by Crippen LogP contribution is -2.37. The number of hydrogen-bond acceptors (Lipinski definition) is 6. The van der Waals surface area contributed by atoms with Crippen LogP contribution in [0.25, 0.3) is 16.9 Å². The summed E-state index contributed by atoms with van der Waals surface area (Å²) >= 11 is 0. The SMILES string of the molecule is O=[N+]([O-])c1ccc(-c2nc(N3CCOCC3)c3cccn3n2)cc1. The van der Waals surface area contributed by atoms with Crippen molar-refractivity contribution in [2.75, 3.05) is 31.2 Å². The summed E-state index contributed by atoms with van der Waals surface area (Å²) in [6.45, 7) is 2.89. The van der Waals surface area contributed by atoms with E-state index in [4.69, 9.17) is 9.72 Å². The average molecular weight is 325 g/mol. The molecule has 1 aromatic carbocycles. The Kier molecular flexibility index (Phi) is 3.58. The summed E-state index contributed by atoms with van der Waals surface area (Å²) in [4.78, 5) is 17.3. The zero-order chi connectivity index (χ0) is 16.5. The van der Waals surface area contributed by atoms with Gasteiger partial charge in [-0.15, -0.1) is 5.10 Å². The van der Waals surface area contributed by atoms with Crippen molar-refractivity contribution in [2.45, 2.75) is 0 Å². The highest BCUT2D eigenvalue weighted by atomic mass is 16.6. The van der Waals surface area contributed by atoms with Crippen LogP contribution in [0, 0.1) is 10.1 Å². The van der Waals surface area contributed by atoms with Crippen LogP contribution in [0.5, 0.6) is 0 Å². The topological polar surface area (TPSA) is 85.8 Å².